The number of ether oxygens (including phenoxy) is 1. The van der Waals surface area contributed by atoms with Crippen LogP contribution in [-0.4, -0.2) is 30.0 Å². The number of aliphatic hydroxyl groups is 1. The molecule has 1 aromatic rings. The Morgan fingerprint density at radius 3 is 2.53 bits per heavy atom. The van der Waals surface area contributed by atoms with Crippen LogP contribution < -0.4 is 0 Å². The van der Waals surface area contributed by atoms with E-state index in [9.17, 15) is 14.3 Å². The van der Waals surface area contributed by atoms with Crippen LogP contribution in [0.5, 0.6) is 0 Å². The van der Waals surface area contributed by atoms with Gasteiger partial charge in [-0.3, -0.25) is 0 Å². The van der Waals surface area contributed by atoms with Crippen LogP contribution >= 0.6 is 0 Å². The van der Waals surface area contributed by atoms with Crippen molar-refractivity contribution in [1.29, 1.82) is 0 Å². The third-order valence-electron chi connectivity index (χ3n) is 2.65. The summed E-state index contributed by atoms with van der Waals surface area (Å²) < 4.78 is 18.1. The summed E-state index contributed by atoms with van der Waals surface area (Å²) in [5.74, 6) is -1.47. The first-order chi connectivity index (χ1) is 8.07. The highest BCUT2D eigenvalue weighted by Crippen LogP contribution is 2.22. The lowest BCUT2D eigenvalue weighted by molar-refractivity contribution is -0.154. The van der Waals surface area contributed by atoms with E-state index in [1.165, 1.54) is 0 Å². The second-order valence-electron chi connectivity index (χ2n) is 3.84. The van der Waals surface area contributed by atoms with E-state index in [1.807, 2.05) is 6.07 Å². The lowest BCUT2D eigenvalue weighted by Gasteiger charge is -2.21. The number of alkyl halides is 1. The molecular formula is C13H17FO3. The molecule has 0 saturated heterocycles. The van der Waals surface area contributed by atoms with Crippen molar-refractivity contribution in [2.75, 3.05) is 6.61 Å². The minimum absolute atomic E-state index is 0.103. The Labute approximate surface area is 100 Å². The number of rotatable bonds is 5. The fourth-order valence-corrected chi connectivity index (χ4v) is 1.57. The summed E-state index contributed by atoms with van der Waals surface area (Å²) in [6.07, 6.45) is -3.40. The predicted molar refractivity (Wildman–Crippen MR) is 62.4 cm³/mol. The Balaban J connectivity index is 2.69. The zero-order valence-electron chi connectivity index (χ0n) is 9.97. The molecule has 0 fully saturated rings. The molecule has 0 aliphatic heterocycles. The third kappa shape index (κ3) is 3.53. The summed E-state index contributed by atoms with van der Waals surface area (Å²) in [6, 6.07) is 9.00. The molecule has 94 valence electrons. The van der Waals surface area contributed by atoms with Gasteiger partial charge in [-0.2, -0.15) is 0 Å². The van der Waals surface area contributed by atoms with E-state index in [1.54, 1.807) is 38.1 Å². The molecule has 3 nitrogen and oxygen atoms in total. The van der Waals surface area contributed by atoms with Crippen molar-refractivity contribution in [2.45, 2.75) is 32.0 Å². The van der Waals surface area contributed by atoms with E-state index < -0.39 is 24.2 Å². The molecule has 0 saturated carbocycles. The highest BCUT2D eigenvalue weighted by Gasteiger charge is 2.32. The van der Waals surface area contributed by atoms with Crippen LogP contribution in [0.25, 0.3) is 0 Å². The van der Waals surface area contributed by atoms with Gasteiger partial charge in [0.05, 0.1) is 6.61 Å². The van der Waals surface area contributed by atoms with Gasteiger partial charge in [0.1, 0.15) is 6.10 Å². The van der Waals surface area contributed by atoms with E-state index in [0.29, 0.717) is 0 Å². The molecule has 1 aromatic carbocycles. The summed E-state index contributed by atoms with van der Waals surface area (Å²) in [7, 11) is 0. The lowest BCUT2D eigenvalue weighted by Crippen LogP contribution is -2.35. The van der Waals surface area contributed by atoms with Crippen molar-refractivity contribution < 1.29 is 19.0 Å². The fourth-order valence-electron chi connectivity index (χ4n) is 1.57. The summed E-state index contributed by atoms with van der Waals surface area (Å²) >= 11 is 0. The van der Waals surface area contributed by atoms with Gasteiger partial charge in [-0.15, -0.1) is 0 Å². The first-order valence-corrected chi connectivity index (χ1v) is 5.61. The molecule has 4 heteroatoms. The molecule has 1 N–H and O–H groups in total. The second kappa shape index (κ2) is 6.35. The van der Waals surface area contributed by atoms with Crippen molar-refractivity contribution in [3.8, 4) is 0 Å². The first-order valence-electron chi connectivity index (χ1n) is 5.61. The minimum atomic E-state index is -2.01. The minimum Gasteiger partial charge on any atom is -0.464 e. The Morgan fingerprint density at radius 1 is 1.41 bits per heavy atom. The van der Waals surface area contributed by atoms with Gasteiger partial charge in [-0.05, 0) is 12.5 Å². The maximum atomic E-state index is 13.6. The summed E-state index contributed by atoms with van der Waals surface area (Å²) in [5, 5.41) is 9.76. The van der Waals surface area contributed by atoms with Gasteiger partial charge in [-0.25, -0.2) is 9.18 Å². The van der Waals surface area contributed by atoms with Crippen molar-refractivity contribution in [2.24, 2.45) is 0 Å². The van der Waals surface area contributed by atoms with Gasteiger partial charge >= 0.3 is 5.97 Å². The number of halogens is 1. The van der Waals surface area contributed by atoms with Gasteiger partial charge in [0.2, 0.25) is 6.17 Å². The molecule has 0 spiro atoms. The van der Waals surface area contributed by atoms with Crippen LogP contribution in [0.4, 0.5) is 4.39 Å². The number of esters is 1. The van der Waals surface area contributed by atoms with Crippen molar-refractivity contribution in [3.05, 3.63) is 35.9 Å². The van der Waals surface area contributed by atoms with Crippen LogP contribution in [0, 0.1) is 0 Å². The zero-order valence-corrected chi connectivity index (χ0v) is 9.97. The Morgan fingerprint density at radius 2 is 2.00 bits per heavy atom. The highest BCUT2D eigenvalue weighted by molar-refractivity contribution is 5.75. The van der Waals surface area contributed by atoms with E-state index in [-0.39, 0.29) is 6.61 Å². The van der Waals surface area contributed by atoms with Crippen molar-refractivity contribution >= 4 is 5.97 Å². The zero-order chi connectivity index (χ0) is 12.8. The molecule has 0 aliphatic rings. The van der Waals surface area contributed by atoms with Crippen LogP contribution in [0.15, 0.2) is 30.3 Å². The SMILES string of the molecule is CCOC(=O)C(F)C(O)C(C)c1ccccc1. The summed E-state index contributed by atoms with van der Waals surface area (Å²) in [4.78, 5) is 11.2. The topological polar surface area (TPSA) is 46.5 Å². The molecule has 0 bridgehead atoms. The molecule has 1 rings (SSSR count). The van der Waals surface area contributed by atoms with E-state index in [4.69, 9.17) is 0 Å². The van der Waals surface area contributed by atoms with E-state index >= 15 is 0 Å². The Bertz CT molecular complexity index is 353. The Kier molecular flexibility index (Phi) is 5.10. The number of carbonyl (C=O) groups excluding carboxylic acids is 1. The highest BCUT2D eigenvalue weighted by atomic mass is 19.1. The average Bonchev–Trinajstić information content (AvgIpc) is 2.37. The van der Waals surface area contributed by atoms with Gasteiger partial charge in [-0.1, -0.05) is 37.3 Å². The molecule has 17 heavy (non-hydrogen) atoms. The van der Waals surface area contributed by atoms with E-state index in [2.05, 4.69) is 4.74 Å². The molecule has 0 amide bonds. The summed E-state index contributed by atoms with van der Waals surface area (Å²) in [5.41, 5.74) is 0.784. The first kappa shape index (κ1) is 13.6. The smallest absolute Gasteiger partial charge is 0.343 e. The average molecular weight is 240 g/mol. The fraction of sp³-hybridized carbons (Fsp3) is 0.462. The largest absolute Gasteiger partial charge is 0.464 e. The van der Waals surface area contributed by atoms with Gasteiger partial charge in [0, 0.05) is 5.92 Å². The number of carbonyl (C=O) groups is 1. The number of hydrogen-bond donors (Lipinski definition) is 1. The monoisotopic (exact) mass is 240 g/mol. The quantitative estimate of drug-likeness (QED) is 0.801. The normalized spacial score (nSPS) is 16.0. The van der Waals surface area contributed by atoms with Crippen molar-refractivity contribution in [1.82, 2.24) is 0 Å². The maximum absolute atomic E-state index is 13.6. The van der Waals surface area contributed by atoms with Gasteiger partial charge in [0.25, 0.3) is 0 Å². The molecule has 3 unspecified atom stereocenters. The molecule has 0 radical (unpaired) electrons. The molecule has 0 heterocycles. The maximum Gasteiger partial charge on any atom is 0.343 e. The molecule has 0 aromatic heterocycles. The predicted octanol–water partition coefficient (Wildman–Crippen LogP) is 2.05. The third-order valence-corrected chi connectivity index (χ3v) is 2.65. The lowest BCUT2D eigenvalue weighted by atomic mass is 9.93. The Hall–Kier alpha value is -1.42. The summed E-state index contributed by atoms with van der Waals surface area (Å²) in [6.45, 7) is 3.37. The van der Waals surface area contributed by atoms with Crippen LogP contribution in [-0.2, 0) is 9.53 Å². The van der Waals surface area contributed by atoms with Crippen molar-refractivity contribution in [3.63, 3.8) is 0 Å². The van der Waals surface area contributed by atoms with Crippen LogP contribution in [0.2, 0.25) is 0 Å². The molecule has 3 atom stereocenters. The number of hydrogen-bond acceptors (Lipinski definition) is 3. The number of benzene rings is 1. The van der Waals surface area contributed by atoms with E-state index in [0.717, 1.165) is 5.56 Å². The van der Waals surface area contributed by atoms with Gasteiger partial charge in [0.15, 0.2) is 0 Å². The van der Waals surface area contributed by atoms with Crippen LogP contribution in [0.3, 0.4) is 0 Å². The molecule has 0 aliphatic carbocycles. The number of aliphatic hydroxyl groups excluding tert-OH is 1. The van der Waals surface area contributed by atoms with Gasteiger partial charge < -0.3 is 9.84 Å². The standard InChI is InChI=1S/C13H17FO3/c1-3-17-13(16)11(14)12(15)9(2)10-7-5-4-6-8-10/h4-9,11-12,15H,3H2,1-2H3. The second-order valence-corrected chi connectivity index (χ2v) is 3.84. The molecular weight excluding hydrogens is 223 g/mol. The van der Waals surface area contributed by atoms with Crippen LogP contribution in [0.1, 0.15) is 25.3 Å².